The van der Waals surface area contributed by atoms with Crippen LogP contribution < -0.4 is 15.0 Å². The van der Waals surface area contributed by atoms with Gasteiger partial charge in [-0.15, -0.1) is 0 Å². The van der Waals surface area contributed by atoms with E-state index in [0.717, 1.165) is 17.2 Å². The summed E-state index contributed by atoms with van der Waals surface area (Å²) in [5, 5.41) is 2.40. The molecule has 2 aromatic rings. The summed E-state index contributed by atoms with van der Waals surface area (Å²) in [4.78, 5) is 19.7. The average molecular weight is 660 g/mol. The number of hydrogen-bond donors (Lipinski definition) is 1. The molecule has 1 saturated heterocycles. The highest BCUT2D eigenvalue weighted by Crippen LogP contribution is 2.37. The van der Waals surface area contributed by atoms with E-state index in [-0.39, 0.29) is 41.4 Å². The minimum atomic E-state index is -4.90. The van der Waals surface area contributed by atoms with Gasteiger partial charge in [0.2, 0.25) is 5.88 Å². The van der Waals surface area contributed by atoms with Gasteiger partial charge in [0.15, 0.2) is 0 Å². The first-order chi connectivity index (χ1) is 18.3. The predicted octanol–water partition coefficient (Wildman–Crippen LogP) is 7.04. The Morgan fingerprint density at radius 1 is 1.20 bits per heavy atom. The van der Waals surface area contributed by atoms with Gasteiger partial charge in [0.1, 0.15) is 5.82 Å². The van der Waals surface area contributed by atoms with Crippen LogP contribution in [0.25, 0.3) is 0 Å². The van der Waals surface area contributed by atoms with Crippen molar-refractivity contribution in [3.63, 3.8) is 0 Å². The van der Waals surface area contributed by atoms with Gasteiger partial charge >= 0.3 is 12.4 Å². The quantitative estimate of drug-likeness (QED) is 0.231. The van der Waals surface area contributed by atoms with Crippen molar-refractivity contribution in [3.05, 3.63) is 45.8 Å². The second-order valence-electron chi connectivity index (χ2n) is 10.9. The van der Waals surface area contributed by atoms with E-state index in [9.17, 15) is 35.5 Å². The number of hydrogen-bond acceptors (Lipinski definition) is 5. The Labute approximate surface area is 237 Å². The minimum absolute atomic E-state index is 0.0130. The molecule has 0 aliphatic carbocycles. The second-order valence-corrected chi connectivity index (χ2v) is 17.4. The van der Waals surface area contributed by atoms with Crippen LogP contribution in [0.5, 0.6) is 5.88 Å². The highest BCUT2D eigenvalue weighted by molar-refractivity contribution is 9.10. The van der Waals surface area contributed by atoms with Gasteiger partial charge in [0.25, 0.3) is 5.91 Å². The number of likely N-dealkylation sites (N-methyl/N-ethyl adjacent to an activating group) is 1. The van der Waals surface area contributed by atoms with Crippen LogP contribution in [-0.2, 0) is 6.18 Å². The van der Waals surface area contributed by atoms with E-state index in [1.54, 1.807) is 4.90 Å². The summed E-state index contributed by atoms with van der Waals surface area (Å²) in [5.74, 6) is -2.12. The van der Waals surface area contributed by atoms with Crippen molar-refractivity contribution in [2.45, 2.75) is 50.5 Å². The monoisotopic (exact) mass is 658 g/mol. The fourth-order valence-electron chi connectivity index (χ4n) is 4.21. The summed E-state index contributed by atoms with van der Waals surface area (Å²) in [6.45, 7) is 5.66. The Morgan fingerprint density at radius 3 is 2.48 bits per heavy atom. The molecule has 0 saturated carbocycles. The fourth-order valence-corrected chi connectivity index (χ4v) is 5.27. The number of pyridine rings is 1. The van der Waals surface area contributed by atoms with Crippen LogP contribution in [0.1, 0.15) is 22.3 Å². The number of benzene rings is 1. The fraction of sp³-hybridized carbons (Fsp3) is 0.520. The molecule has 1 aliphatic heterocycles. The van der Waals surface area contributed by atoms with Crippen molar-refractivity contribution in [2.75, 3.05) is 43.5 Å². The number of ether oxygens (including phenoxy) is 1. The van der Waals surface area contributed by atoms with Crippen molar-refractivity contribution >= 4 is 41.3 Å². The molecule has 1 N–H and O–H groups in total. The van der Waals surface area contributed by atoms with Crippen molar-refractivity contribution in [1.29, 1.82) is 0 Å². The molecular formula is C25H30BrF7N4O2Si. The zero-order valence-electron chi connectivity index (χ0n) is 22.3. The van der Waals surface area contributed by atoms with Crippen LogP contribution >= 0.6 is 15.9 Å². The molecule has 1 aliphatic rings. The third kappa shape index (κ3) is 8.80. The molecule has 1 atom stereocenters. The molecule has 0 spiro atoms. The summed E-state index contributed by atoms with van der Waals surface area (Å²) in [6.07, 6.45) is -8.19. The maximum atomic E-state index is 14.5. The van der Waals surface area contributed by atoms with Crippen molar-refractivity contribution in [3.8, 4) is 5.88 Å². The van der Waals surface area contributed by atoms with Gasteiger partial charge in [-0.25, -0.2) is 9.37 Å². The lowest BCUT2D eigenvalue weighted by molar-refractivity contribution is -0.146. The molecule has 1 aromatic heterocycles. The van der Waals surface area contributed by atoms with Gasteiger partial charge in [0, 0.05) is 45.5 Å². The molecular weight excluding hydrogens is 629 g/mol. The molecule has 222 valence electrons. The molecule has 15 heteroatoms. The highest BCUT2D eigenvalue weighted by Gasteiger charge is 2.38. The first-order valence-electron chi connectivity index (χ1n) is 12.4. The number of carbonyl (C=O) groups excluding carboxylic acids is 1. The molecule has 0 bridgehead atoms. The molecule has 1 fully saturated rings. The van der Waals surface area contributed by atoms with E-state index in [0.29, 0.717) is 18.5 Å². The molecule has 0 radical (unpaired) electrons. The van der Waals surface area contributed by atoms with Gasteiger partial charge in [0.05, 0.1) is 40.1 Å². The van der Waals surface area contributed by atoms with E-state index in [2.05, 4.69) is 45.9 Å². The Hall–Kier alpha value is -2.39. The number of rotatable bonds is 9. The lowest BCUT2D eigenvalue weighted by Crippen LogP contribution is -2.40. The van der Waals surface area contributed by atoms with Gasteiger partial charge < -0.3 is 15.0 Å². The SMILES string of the molecule is CN(CC(F)(F)F)[C@@H]1CCN(c2cc(F)c(Br)cc2NC(=O)c2cnc(OCC[Si](C)(C)C)cc2C(F)(F)F)C1. The Balaban J connectivity index is 1.86. The second kappa shape index (κ2) is 12.2. The maximum absolute atomic E-state index is 14.5. The third-order valence-electron chi connectivity index (χ3n) is 6.37. The molecule has 6 nitrogen and oxygen atoms in total. The van der Waals surface area contributed by atoms with Gasteiger partial charge in [-0.3, -0.25) is 9.69 Å². The van der Waals surface area contributed by atoms with Crippen molar-refractivity contribution in [1.82, 2.24) is 9.88 Å². The zero-order valence-corrected chi connectivity index (χ0v) is 24.9. The standard InChI is InChI=1S/C25H30BrF7N4O2Si/c1-36(14-24(28,29)30)15-5-6-37(13-15)21-11-19(27)18(26)10-20(21)35-23(38)16-12-34-22(9-17(16)25(31,32)33)39-7-8-40(2,3)4/h9-12,15H,5-8,13-14H2,1-4H3,(H,35,38)/t15-/m1/s1. The average Bonchev–Trinajstić information content (AvgIpc) is 3.29. The zero-order chi connectivity index (χ0) is 30.0. The number of anilines is 2. The maximum Gasteiger partial charge on any atom is 0.417 e. The largest absolute Gasteiger partial charge is 0.478 e. The van der Waals surface area contributed by atoms with Gasteiger partial charge in [-0.2, -0.15) is 26.3 Å². The van der Waals surface area contributed by atoms with Crippen LogP contribution in [0.15, 0.2) is 28.9 Å². The van der Waals surface area contributed by atoms with Crippen LogP contribution in [0.4, 0.5) is 42.1 Å². The van der Waals surface area contributed by atoms with Gasteiger partial charge in [-0.1, -0.05) is 19.6 Å². The van der Waals surface area contributed by atoms with E-state index in [4.69, 9.17) is 4.74 Å². The Bertz CT molecular complexity index is 1220. The summed E-state index contributed by atoms with van der Waals surface area (Å²) < 4.78 is 100. The van der Waals surface area contributed by atoms with Crippen LogP contribution in [0.2, 0.25) is 25.7 Å². The predicted molar refractivity (Wildman–Crippen MR) is 144 cm³/mol. The van der Waals surface area contributed by atoms with E-state index in [1.807, 2.05) is 0 Å². The van der Waals surface area contributed by atoms with Crippen LogP contribution in [0, 0.1) is 5.82 Å². The van der Waals surface area contributed by atoms with Crippen LogP contribution in [0.3, 0.4) is 0 Å². The lowest BCUT2D eigenvalue weighted by Gasteiger charge is -2.27. The number of amides is 1. The number of aromatic nitrogens is 1. The first-order valence-corrected chi connectivity index (χ1v) is 16.9. The van der Waals surface area contributed by atoms with Gasteiger partial charge in [-0.05, 0) is 41.5 Å². The van der Waals surface area contributed by atoms with E-state index in [1.165, 1.54) is 13.1 Å². The minimum Gasteiger partial charge on any atom is -0.478 e. The Morgan fingerprint density at radius 2 is 1.88 bits per heavy atom. The summed E-state index contributed by atoms with van der Waals surface area (Å²) in [7, 11) is -0.177. The molecule has 1 aromatic carbocycles. The number of halogens is 8. The molecule has 40 heavy (non-hydrogen) atoms. The van der Waals surface area contributed by atoms with Crippen LogP contribution in [-0.4, -0.2) is 69.4 Å². The summed E-state index contributed by atoms with van der Waals surface area (Å²) >= 11 is 3.01. The number of nitrogens with zero attached hydrogens (tertiary/aromatic N) is 3. The number of carbonyl (C=O) groups is 1. The summed E-state index contributed by atoms with van der Waals surface area (Å²) in [6, 6.07) is 3.13. The Kier molecular flexibility index (Phi) is 9.82. The first kappa shape index (κ1) is 32.1. The number of nitrogens with one attached hydrogen (secondary N) is 1. The lowest BCUT2D eigenvalue weighted by atomic mass is 10.1. The van der Waals surface area contributed by atoms with Crippen molar-refractivity contribution in [2.24, 2.45) is 0 Å². The van der Waals surface area contributed by atoms with Crippen molar-refractivity contribution < 1.29 is 40.3 Å². The molecule has 0 unspecified atom stereocenters. The number of alkyl halides is 6. The third-order valence-corrected chi connectivity index (χ3v) is 8.69. The smallest absolute Gasteiger partial charge is 0.417 e. The molecule has 2 heterocycles. The molecule has 3 rings (SSSR count). The highest BCUT2D eigenvalue weighted by atomic mass is 79.9. The topological polar surface area (TPSA) is 57.7 Å². The van der Waals surface area contributed by atoms with E-state index < -0.39 is 55.9 Å². The van der Waals surface area contributed by atoms with E-state index >= 15 is 0 Å². The normalized spacial score (nSPS) is 16.5. The summed E-state index contributed by atoms with van der Waals surface area (Å²) in [5.41, 5.74) is -1.90. The molecule has 1 amide bonds.